The van der Waals surface area contributed by atoms with E-state index in [1.54, 1.807) is 0 Å². The molecular formula is C20H25N3O3. The predicted molar refractivity (Wildman–Crippen MR) is 100 cm³/mol. The van der Waals surface area contributed by atoms with Crippen LogP contribution in [-0.2, 0) is 17.7 Å². The Hall–Kier alpha value is -2.44. The molecule has 1 aromatic heterocycles. The Morgan fingerprint density at radius 1 is 1.27 bits per heavy atom. The lowest BCUT2D eigenvalue weighted by atomic mass is 10.0. The molecule has 0 radical (unpaired) electrons. The van der Waals surface area contributed by atoms with Crippen LogP contribution in [0.4, 0.5) is 0 Å². The topological polar surface area (TPSA) is 83.2 Å². The highest BCUT2D eigenvalue weighted by molar-refractivity contribution is 5.94. The van der Waals surface area contributed by atoms with E-state index in [-0.39, 0.29) is 24.1 Å². The quantitative estimate of drug-likeness (QED) is 0.758. The number of aromatic amines is 1. The first-order valence-electron chi connectivity index (χ1n) is 8.92. The number of pyridine rings is 1. The summed E-state index contributed by atoms with van der Waals surface area (Å²) in [5.74, 6) is -0.188. The Bertz CT molecular complexity index is 821. The van der Waals surface area contributed by atoms with Crippen molar-refractivity contribution >= 4 is 5.91 Å². The highest BCUT2D eigenvalue weighted by atomic mass is 16.5. The Morgan fingerprint density at radius 3 is 2.69 bits per heavy atom. The number of nitrogens with one attached hydrogen (secondary N) is 3. The fraction of sp³-hybridized carbons (Fsp3) is 0.400. The number of aromatic nitrogens is 1. The van der Waals surface area contributed by atoms with E-state index in [9.17, 15) is 9.59 Å². The third-order valence-electron chi connectivity index (χ3n) is 4.60. The molecule has 1 atom stereocenters. The molecule has 1 amide bonds. The lowest BCUT2D eigenvalue weighted by Crippen LogP contribution is -2.39. The van der Waals surface area contributed by atoms with E-state index in [1.807, 2.05) is 44.2 Å². The first-order chi connectivity index (χ1) is 12.5. The zero-order valence-corrected chi connectivity index (χ0v) is 15.2. The van der Waals surface area contributed by atoms with Gasteiger partial charge in [0.2, 0.25) is 0 Å². The van der Waals surface area contributed by atoms with Crippen molar-refractivity contribution in [1.29, 1.82) is 0 Å². The minimum Gasteiger partial charge on any atom is -0.375 e. The van der Waals surface area contributed by atoms with Crippen molar-refractivity contribution < 1.29 is 9.53 Å². The van der Waals surface area contributed by atoms with Gasteiger partial charge in [-0.25, -0.2) is 0 Å². The molecule has 1 aliphatic rings. The average molecular weight is 355 g/mol. The molecule has 138 valence electrons. The van der Waals surface area contributed by atoms with Crippen LogP contribution in [0.15, 0.2) is 35.1 Å². The highest BCUT2D eigenvalue weighted by Crippen LogP contribution is 2.10. The molecule has 3 rings (SSSR count). The van der Waals surface area contributed by atoms with Gasteiger partial charge in [-0.2, -0.15) is 0 Å². The van der Waals surface area contributed by atoms with Crippen molar-refractivity contribution in [3.63, 3.8) is 0 Å². The molecule has 6 heteroatoms. The van der Waals surface area contributed by atoms with Crippen LogP contribution in [0.2, 0.25) is 0 Å². The minimum absolute atomic E-state index is 0.153. The number of aryl methyl sites for hydroxylation is 2. The fourth-order valence-electron chi connectivity index (χ4n) is 3.18. The van der Waals surface area contributed by atoms with E-state index in [1.165, 1.54) is 0 Å². The highest BCUT2D eigenvalue weighted by Gasteiger charge is 2.14. The first kappa shape index (κ1) is 18.4. The number of rotatable bonds is 5. The summed E-state index contributed by atoms with van der Waals surface area (Å²) < 4.78 is 5.70. The molecule has 1 fully saturated rings. The number of ether oxygens (including phenoxy) is 1. The van der Waals surface area contributed by atoms with Gasteiger partial charge >= 0.3 is 0 Å². The normalized spacial score (nSPS) is 17.1. The van der Waals surface area contributed by atoms with Gasteiger partial charge < -0.3 is 20.4 Å². The van der Waals surface area contributed by atoms with Crippen LogP contribution in [0.1, 0.15) is 32.7 Å². The van der Waals surface area contributed by atoms with Crippen LogP contribution in [0, 0.1) is 13.8 Å². The summed E-state index contributed by atoms with van der Waals surface area (Å²) in [7, 11) is 0. The van der Waals surface area contributed by atoms with E-state index in [4.69, 9.17) is 4.74 Å². The molecule has 1 unspecified atom stereocenters. The van der Waals surface area contributed by atoms with Crippen LogP contribution in [-0.4, -0.2) is 36.7 Å². The molecule has 0 bridgehead atoms. The maximum atomic E-state index is 12.4. The van der Waals surface area contributed by atoms with E-state index in [2.05, 4.69) is 15.6 Å². The zero-order valence-electron chi connectivity index (χ0n) is 15.2. The molecule has 2 heterocycles. The average Bonchev–Trinajstić information content (AvgIpc) is 2.62. The Balaban J connectivity index is 1.59. The minimum atomic E-state index is -0.188. The molecule has 0 saturated carbocycles. The van der Waals surface area contributed by atoms with Gasteiger partial charge in [0.05, 0.1) is 12.7 Å². The number of benzene rings is 1. The number of amides is 1. The van der Waals surface area contributed by atoms with Crippen LogP contribution >= 0.6 is 0 Å². The molecule has 0 aliphatic carbocycles. The maximum Gasteiger partial charge on any atom is 0.253 e. The molecule has 2 aromatic rings. The summed E-state index contributed by atoms with van der Waals surface area (Å²) in [4.78, 5) is 27.1. The third kappa shape index (κ3) is 4.59. The second-order valence-electron chi connectivity index (χ2n) is 6.72. The van der Waals surface area contributed by atoms with E-state index in [0.717, 1.165) is 42.9 Å². The molecule has 1 saturated heterocycles. The predicted octanol–water partition coefficient (Wildman–Crippen LogP) is 1.45. The van der Waals surface area contributed by atoms with E-state index < -0.39 is 0 Å². The third-order valence-corrected chi connectivity index (χ3v) is 4.60. The van der Waals surface area contributed by atoms with Crippen LogP contribution in [0.25, 0.3) is 0 Å². The summed E-state index contributed by atoms with van der Waals surface area (Å²) >= 11 is 0. The van der Waals surface area contributed by atoms with E-state index >= 15 is 0 Å². The first-order valence-corrected chi connectivity index (χ1v) is 8.92. The zero-order chi connectivity index (χ0) is 18.5. The Labute approximate surface area is 153 Å². The summed E-state index contributed by atoms with van der Waals surface area (Å²) in [5.41, 5.74) is 3.85. The van der Waals surface area contributed by atoms with Gasteiger partial charge in [0.15, 0.2) is 0 Å². The largest absolute Gasteiger partial charge is 0.375 e. The van der Waals surface area contributed by atoms with Gasteiger partial charge in [-0.1, -0.05) is 12.1 Å². The van der Waals surface area contributed by atoms with Gasteiger partial charge in [-0.05, 0) is 49.6 Å². The van der Waals surface area contributed by atoms with Gasteiger partial charge in [-0.15, -0.1) is 0 Å². The molecule has 6 nitrogen and oxygen atoms in total. The second-order valence-corrected chi connectivity index (χ2v) is 6.72. The van der Waals surface area contributed by atoms with Crippen LogP contribution < -0.4 is 16.2 Å². The van der Waals surface area contributed by atoms with Gasteiger partial charge in [0.25, 0.3) is 11.5 Å². The molecule has 26 heavy (non-hydrogen) atoms. The van der Waals surface area contributed by atoms with Crippen LogP contribution in [0.5, 0.6) is 0 Å². The number of H-pyrrole nitrogens is 1. The Kier molecular flexibility index (Phi) is 5.85. The van der Waals surface area contributed by atoms with Crippen molar-refractivity contribution in [2.45, 2.75) is 32.9 Å². The maximum absolute atomic E-state index is 12.4. The van der Waals surface area contributed by atoms with Crippen molar-refractivity contribution in [2.24, 2.45) is 0 Å². The van der Waals surface area contributed by atoms with Crippen molar-refractivity contribution in [3.8, 4) is 0 Å². The van der Waals surface area contributed by atoms with Gasteiger partial charge in [0.1, 0.15) is 0 Å². The molecule has 0 spiro atoms. The number of morpholine rings is 1. The SMILES string of the molecule is Cc1cc(C)c(CNC(=O)c2ccc(CC3CNCCO3)cc2)c(=O)[nH]1. The molecule has 1 aliphatic heterocycles. The van der Waals surface area contributed by atoms with Crippen molar-refractivity contribution in [2.75, 3.05) is 19.7 Å². The second kappa shape index (κ2) is 8.29. The lowest BCUT2D eigenvalue weighted by molar-refractivity contribution is 0.0292. The number of hydrogen-bond acceptors (Lipinski definition) is 4. The standard InChI is InChI=1S/C20H25N3O3/c1-13-9-14(2)23-20(25)18(13)12-22-19(24)16-5-3-15(4-6-16)10-17-11-21-7-8-26-17/h3-6,9,17,21H,7-8,10-12H2,1-2H3,(H,22,24)(H,23,25). The molecule has 3 N–H and O–H groups in total. The Morgan fingerprint density at radius 2 is 2.04 bits per heavy atom. The summed E-state index contributed by atoms with van der Waals surface area (Å²) in [6, 6.07) is 9.44. The summed E-state index contributed by atoms with van der Waals surface area (Å²) in [5, 5.41) is 6.14. The molecular weight excluding hydrogens is 330 g/mol. The lowest BCUT2D eigenvalue weighted by Gasteiger charge is -2.23. The number of carbonyl (C=O) groups excluding carboxylic acids is 1. The van der Waals surface area contributed by atoms with Crippen LogP contribution in [0.3, 0.4) is 0 Å². The number of carbonyl (C=O) groups is 1. The summed E-state index contributed by atoms with van der Waals surface area (Å²) in [6.07, 6.45) is 1.01. The molecule has 1 aromatic carbocycles. The van der Waals surface area contributed by atoms with Crippen molar-refractivity contribution in [3.05, 3.63) is 68.6 Å². The fourth-order valence-corrected chi connectivity index (χ4v) is 3.18. The smallest absolute Gasteiger partial charge is 0.253 e. The monoisotopic (exact) mass is 355 g/mol. The summed E-state index contributed by atoms with van der Waals surface area (Å²) in [6.45, 7) is 6.42. The van der Waals surface area contributed by atoms with Gasteiger partial charge in [0, 0.05) is 36.5 Å². The van der Waals surface area contributed by atoms with Gasteiger partial charge in [-0.3, -0.25) is 9.59 Å². The number of hydrogen-bond donors (Lipinski definition) is 3. The van der Waals surface area contributed by atoms with E-state index in [0.29, 0.717) is 11.1 Å². The van der Waals surface area contributed by atoms with Crippen molar-refractivity contribution in [1.82, 2.24) is 15.6 Å².